The van der Waals surface area contributed by atoms with Crippen LogP contribution in [0.4, 0.5) is 5.69 Å². The maximum atomic E-state index is 13.0. The van der Waals surface area contributed by atoms with Gasteiger partial charge >= 0.3 is 0 Å². The molecule has 3 aromatic carbocycles. The van der Waals surface area contributed by atoms with E-state index in [2.05, 4.69) is 10.9 Å². The number of nitrogens with zero attached hydrogens (tertiary/aromatic N) is 3. The number of ether oxygens (including phenoxy) is 1. The molecule has 0 aliphatic rings. The Balaban J connectivity index is 1.68. The maximum Gasteiger partial charge on any atom is 0.279 e. The number of carbonyl (C=O) groups excluding carboxylic acids is 1. The molecule has 0 atom stereocenters. The van der Waals surface area contributed by atoms with Crippen molar-refractivity contribution in [2.75, 3.05) is 18.5 Å². The van der Waals surface area contributed by atoms with Crippen molar-refractivity contribution in [1.82, 2.24) is 4.57 Å². The van der Waals surface area contributed by atoms with Crippen molar-refractivity contribution < 1.29 is 17.9 Å². The van der Waals surface area contributed by atoms with Crippen LogP contribution in [0.3, 0.4) is 0 Å². The van der Waals surface area contributed by atoms with E-state index in [0.29, 0.717) is 16.2 Å². The minimum Gasteiger partial charge on any atom is -0.495 e. The largest absolute Gasteiger partial charge is 0.495 e. The summed E-state index contributed by atoms with van der Waals surface area (Å²) in [7, 11) is -0.725. The van der Waals surface area contributed by atoms with Gasteiger partial charge in [-0.15, -0.1) is 6.42 Å². The Morgan fingerprint density at radius 2 is 1.79 bits per heavy atom. The Kier molecular flexibility index (Phi) is 6.54. The molecule has 0 saturated carbocycles. The van der Waals surface area contributed by atoms with E-state index in [4.69, 9.17) is 11.2 Å². The van der Waals surface area contributed by atoms with E-state index in [0.717, 1.165) is 10.2 Å². The van der Waals surface area contributed by atoms with Crippen LogP contribution in [0.1, 0.15) is 10.4 Å². The zero-order valence-corrected chi connectivity index (χ0v) is 20.1. The summed E-state index contributed by atoms with van der Waals surface area (Å²) < 4.78 is 35.2. The van der Waals surface area contributed by atoms with E-state index < -0.39 is 15.9 Å². The fourth-order valence-electron chi connectivity index (χ4n) is 3.44. The Morgan fingerprint density at radius 1 is 1.09 bits per heavy atom. The number of methoxy groups -OCH3 is 1. The quantitative estimate of drug-likeness (QED) is 0.383. The van der Waals surface area contributed by atoms with E-state index in [9.17, 15) is 13.2 Å². The van der Waals surface area contributed by atoms with Gasteiger partial charge in [0.2, 0.25) is 0 Å². The monoisotopic (exact) mass is 491 g/mol. The molecule has 4 rings (SSSR count). The highest BCUT2D eigenvalue weighted by Gasteiger charge is 2.21. The third kappa shape index (κ3) is 4.33. The van der Waals surface area contributed by atoms with Gasteiger partial charge in [0, 0.05) is 12.6 Å². The second-order valence-corrected chi connectivity index (χ2v) is 10.2. The predicted octanol–water partition coefficient (Wildman–Crippen LogP) is 3.91. The summed E-state index contributed by atoms with van der Waals surface area (Å²) in [4.78, 5) is 17.7. The summed E-state index contributed by atoms with van der Waals surface area (Å²) in [5.41, 5.74) is 1.57. The molecular weight excluding hydrogens is 470 g/mol. The summed E-state index contributed by atoms with van der Waals surface area (Å²) in [6.07, 6.45) is 5.54. The van der Waals surface area contributed by atoms with E-state index in [1.165, 1.54) is 47.0 Å². The molecule has 1 aromatic heterocycles. The predicted molar refractivity (Wildman–Crippen MR) is 134 cm³/mol. The number of para-hydroxylation sites is 2. The van der Waals surface area contributed by atoms with Crippen molar-refractivity contribution in [2.45, 2.75) is 11.4 Å². The number of sulfonamides is 1. The van der Waals surface area contributed by atoms with Crippen LogP contribution in [-0.4, -0.2) is 33.0 Å². The molecular formula is C25H21N3O4S2. The lowest BCUT2D eigenvalue weighted by Crippen LogP contribution is -2.26. The smallest absolute Gasteiger partial charge is 0.279 e. The Labute approximate surface area is 201 Å². The molecule has 0 spiro atoms. The summed E-state index contributed by atoms with van der Waals surface area (Å²) in [5, 5.41) is 0. The number of benzene rings is 3. The SMILES string of the molecule is C#CCn1c(=NC(=O)c2ccc(S(=O)(=O)N(C)c3ccccc3)cc2)sc2cccc(OC)c21. The third-order valence-corrected chi connectivity index (χ3v) is 8.05. The molecule has 34 heavy (non-hydrogen) atoms. The van der Waals surface area contributed by atoms with Gasteiger partial charge in [-0.25, -0.2) is 8.42 Å². The van der Waals surface area contributed by atoms with Crippen molar-refractivity contribution in [3.05, 3.63) is 83.2 Å². The standard InChI is InChI=1S/C25H21N3O4S2/c1-4-17-28-23-21(32-3)11-8-12-22(23)33-25(28)26-24(29)18-13-15-20(16-14-18)34(30,31)27(2)19-9-6-5-7-10-19/h1,5-16H,17H2,2-3H3. The molecule has 0 N–H and O–H groups in total. The van der Waals surface area contributed by atoms with Crippen molar-refractivity contribution in [3.8, 4) is 18.1 Å². The normalized spacial score (nSPS) is 11.9. The highest BCUT2D eigenvalue weighted by atomic mass is 32.2. The van der Waals surface area contributed by atoms with Crippen molar-refractivity contribution in [2.24, 2.45) is 4.99 Å². The first-order chi connectivity index (χ1) is 16.4. The molecule has 1 heterocycles. The average molecular weight is 492 g/mol. The van der Waals surface area contributed by atoms with Crippen LogP contribution >= 0.6 is 11.3 Å². The van der Waals surface area contributed by atoms with Gasteiger partial charge in [-0.1, -0.05) is 41.5 Å². The summed E-state index contributed by atoms with van der Waals surface area (Å²) in [6, 6.07) is 20.1. The average Bonchev–Trinajstić information content (AvgIpc) is 3.21. The van der Waals surface area contributed by atoms with Gasteiger partial charge in [0.1, 0.15) is 11.3 Å². The highest BCUT2D eigenvalue weighted by molar-refractivity contribution is 7.92. The van der Waals surface area contributed by atoms with Gasteiger partial charge in [0.25, 0.3) is 15.9 Å². The van der Waals surface area contributed by atoms with Gasteiger partial charge < -0.3 is 9.30 Å². The molecule has 172 valence electrons. The van der Waals surface area contributed by atoms with Crippen LogP contribution in [0.2, 0.25) is 0 Å². The van der Waals surface area contributed by atoms with Crippen LogP contribution in [0.5, 0.6) is 5.75 Å². The van der Waals surface area contributed by atoms with Crippen LogP contribution in [0.25, 0.3) is 10.2 Å². The first-order valence-electron chi connectivity index (χ1n) is 10.2. The van der Waals surface area contributed by atoms with Crippen LogP contribution in [0, 0.1) is 12.3 Å². The van der Waals surface area contributed by atoms with Gasteiger partial charge in [0.15, 0.2) is 4.80 Å². The molecule has 9 heteroatoms. The van der Waals surface area contributed by atoms with Crippen LogP contribution in [0.15, 0.2) is 82.7 Å². The van der Waals surface area contributed by atoms with Crippen molar-refractivity contribution in [3.63, 3.8) is 0 Å². The molecule has 0 unspecified atom stereocenters. The van der Waals surface area contributed by atoms with Gasteiger partial charge in [-0.3, -0.25) is 9.10 Å². The van der Waals surface area contributed by atoms with E-state index in [1.54, 1.807) is 35.9 Å². The number of rotatable bonds is 6. The number of aromatic nitrogens is 1. The molecule has 4 aromatic rings. The molecule has 0 bridgehead atoms. The molecule has 0 saturated heterocycles. The minimum absolute atomic E-state index is 0.0735. The zero-order valence-electron chi connectivity index (χ0n) is 18.5. The first-order valence-corrected chi connectivity index (χ1v) is 12.5. The number of hydrogen-bond acceptors (Lipinski definition) is 5. The number of thiazole rings is 1. The number of amides is 1. The molecule has 0 aliphatic carbocycles. The highest BCUT2D eigenvalue weighted by Crippen LogP contribution is 2.27. The topological polar surface area (TPSA) is 81.0 Å². The minimum atomic E-state index is -3.78. The molecule has 0 aliphatic heterocycles. The number of hydrogen-bond donors (Lipinski definition) is 0. The zero-order chi connectivity index (χ0) is 24.3. The summed E-state index contributed by atoms with van der Waals surface area (Å²) in [5.74, 6) is 2.72. The van der Waals surface area contributed by atoms with E-state index in [-0.39, 0.29) is 17.0 Å². The number of anilines is 1. The van der Waals surface area contributed by atoms with Crippen molar-refractivity contribution in [1.29, 1.82) is 0 Å². The molecule has 0 fully saturated rings. The Hall–Kier alpha value is -3.87. The number of fused-ring (bicyclic) bond motifs is 1. The fraction of sp³-hybridized carbons (Fsp3) is 0.120. The first kappa shape index (κ1) is 23.3. The van der Waals surface area contributed by atoms with Crippen LogP contribution < -0.4 is 13.8 Å². The molecule has 1 amide bonds. The van der Waals surface area contributed by atoms with Gasteiger partial charge in [0.05, 0.1) is 28.9 Å². The fourth-order valence-corrected chi connectivity index (χ4v) is 5.68. The second kappa shape index (κ2) is 9.55. The lowest BCUT2D eigenvalue weighted by atomic mass is 10.2. The Morgan fingerprint density at radius 3 is 2.44 bits per heavy atom. The Bertz CT molecular complexity index is 1560. The summed E-state index contributed by atoms with van der Waals surface area (Å²) >= 11 is 1.32. The maximum absolute atomic E-state index is 13.0. The lowest BCUT2D eigenvalue weighted by Gasteiger charge is -2.19. The van der Waals surface area contributed by atoms with Gasteiger partial charge in [-0.05, 0) is 48.5 Å². The van der Waals surface area contributed by atoms with Crippen molar-refractivity contribution >= 4 is 43.2 Å². The molecule has 0 radical (unpaired) electrons. The second-order valence-electron chi connectivity index (χ2n) is 7.23. The summed E-state index contributed by atoms with van der Waals surface area (Å²) in [6.45, 7) is 0.218. The number of terminal acetylenes is 1. The molecule has 7 nitrogen and oxygen atoms in total. The third-order valence-electron chi connectivity index (χ3n) is 5.21. The van der Waals surface area contributed by atoms with Crippen LogP contribution in [-0.2, 0) is 16.6 Å². The van der Waals surface area contributed by atoms with Gasteiger partial charge in [-0.2, -0.15) is 4.99 Å². The lowest BCUT2D eigenvalue weighted by molar-refractivity contribution is 0.0998. The van der Waals surface area contributed by atoms with E-state index in [1.807, 2.05) is 24.3 Å². The van der Waals surface area contributed by atoms with E-state index >= 15 is 0 Å². The number of carbonyl (C=O) groups is 1.